The van der Waals surface area contributed by atoms with Crippen LogP contribution in [0.1, 0.15) is 31.4 Å². The molecule has 1 saturated heterocycles. The molecule has 2 N–H and O–H groups in total. The first-order chi connectivity index (χ1) is 18.3. The first-order valence-electron chi connectivity index (χ1n) is 11.4. The van der Waals surface area contributed by atoms with Crippen molar-refractivity contribution < 1.29 is 45.0 Å². The third kappa shape index (κ3) is 8.34. The van der Waals surface area contributed by atoms with Crippen LogP contribution in [0.4, 0.5) is 27.8 Å². The highest BCUT2D eigenvalue weighted by atomic mass is 32.2. The standard InChI is InChI=1S/C22H23F2N3O3S2.C2HF3O2/c1-15(16-5-3-2-4-6-16)27-9-7-17(8-10-27)30-18-11-19(23)22(20(24)12-18)32(28,29)26-21-13-31-14-25-21;3-2(4,5)1(6)7/h2-6,11-15,17,26H,7-10H2,1H3;(H,6,7)/t15-;/m1./s1. The molecule has 0 unspecified atom stereocenters. The number of likely N-dealkylation sites (tertiary alicyclic amines) is 1. The van der Waals surface area contributed by atoms with Crippen LogP contribution in [0.15, 0.2) is 58.3 Å². The van der Waals surface area contributed by atoms with Gasteiger partial charge < -0.3 is 9.84 Å². The molecule has 0 radical (unpaired) electrons. The van der Waals surface area contributed by atoms with E-state index in [1.54, 1.807) is 0 Å². The highest BCUT2D eigenvalue weighted by molar-refractivity contribution is 7.92. The van der Waals surface area contributed by atoms with Gasteiger partial charge in [-0.25, -0.2) is 27.0 Å². The summed E-state index contributed by atoms with van der Waals surface area (Å²) in [7, 11) is -4.46. The average molecular weight is 594 g/mol. The maximum atomic E-state index is 14.6. The minimum atomic E-state index is -5.08. The minimum Gasteiger partial charge on any atom is -0.490 e. The number of alkyl halides is 3. The molecule has 39 heavy (non-hydrogen) atoms. The summed E-state index contributed by atoms with van der Waals surface area (Å²) in [6.45, 7) is 3.73. The van der Waals surface area contributed by atoms with Crippen molar-refractivity contribution >= 4 is 33.1 Å². The van der Waals surface area contributed by atoms with E-state index in [4.69, 9.17) is 14.6 Å². The van der Waals surface area contributed by atoms with E-state index in [1.165, 1.54) is 16.5 Å². The zero-order chi connectivity index (χ0) is 28.8. The molecule has 15 heteroatoms. The van der Waals surface area contributed by atoms with Gasteiger partial charge in [-0.2, -0.15) is 13.2 Å². The molecule has 1 aliphatic rings. The summed E-state index contributed by atoms with van der Waals surface area (Å²) in [6, 6.07) is 12.3. The van der Waals surface area contributed by atoms with Gasteiger partial charge in [-0.15, -0.1) is 11.3 Å². The first-order valence-corrected chi connectivity index (χ1v) is 13.9. The molecule has 1 fully saturated rings. The second kappa shape index (κ2) is 12.7. The number of carboxylic acids is 1. The van der Waals surface area contributed by atoms with E-state index in [0.717, 1.165) is 36.6 Å². The van der Waals surface area contributed by atoms with Gasteiger partial charge >= 0.3 is 12.1 Å². The second-order valence-corrected chi connectivity index (χ2v) is 10.8. The number of carbonyl (C=O) groups is 1. The Morgan fingerprint density at radius 3 is 2.21 bits per heavy atom. The molecule has 4 rings (SSSR count). The number of carboxylic acid groups (broad SMARTS) is 1. The monoisotopic (exact) mass is 593 g/mol. The number of nitrogens with zero attached hydrogens (tertiary/aromatic N) is 2. The van der Waals surface area contributed by atoms with Crippen LogP contribution < -0.4 is 9.46 Å². The number of rotatable bonds is 7. The van der Waals surface area contributed by atoms with Crippen LogP contribution in [0.2, 0.25) is 0 Å². The summed E-state index contributed by atoms with van der Waals surface area (Å²) >= 11 is 1.16. The van der Waals surface area contributed by atoms with Crippen LogP contribution in [-0.4, -0.2) is 54.7 Å². The molecular formula is C24H24F5N3O5S2. The molecule has 8 nitrogen and oxygen atoms in total. The molecule has 0 spiro atoms. The number of thiazole rings is 1. The second-order valence-electron chi connectivity index (χ2n) is 8.44. The summed E-state index contributed by atoms with van der Waals surface area (Å²) in [4.78, 5) is 14.0. The number of aliphatic carboxylic acids is 1. The molecule has 1 aromatic heterocycles. The van der Waals surface area contributed by atoms with E-state index in [-0.39, 0.29) is 23.7 Å². The van der Waals surface area contributed by atoms with E-state index in [9.17, 15) is 30.4 Å². The van der Waals surface area contributed by atoms with Gasteiger partial charge in [0.05, 0.1) is 5.51 Å². The first kappa shape index (κ1) is 30.2. The lowest BCUT2D eigenvalue weighted by Crippen LogP contribution is -2.39. The fraction of sp³-hybridized carbons (Fsp3) is 0.333. The number of sulfonamides is 1. The van der Waals surface area contributed by atoms with Crippen LogP contribution in [0.5, 0.6) is 5.75 Å². The van der Waals surface area contributed by atoms with Gasteiger partial charge in [0.15, 0.2) is 10.7 Å². The summed E-state index contributed by atoms with van der Waals surface area (Å²) in [6.07, 6.45) is -3.89. The van der Waals surface area contributed by atoms with Crippen LogP contribution in [0, 0.1) is 11.6 Å². The Hall–Kier alpha value is -3.30. The summed E-state index contributed by atoms with van der Waals surface area (Å²) in [5.74, 6) is -5.20. The van der Waals surface area contributed by atoms with Gasteiger partial charge in [0.25, 0.3) is 10.0 Å². The van der Waals surface area contributed by atoms with E-state index >= 15 is 0 Å². The van der Waals surface area contributed by atoms with E-state index in [1.807, 2.05) is 18.2 Å². The third-order valence-electron chi connectivity index (χ3n) is 5.76. The quantitative estimate of drug-likeness (QED) is 0.350. The van der Waals surface area contributed by atoms with Crippen molar-refractivity contribution in [3.8, 4) is 5.75 Å². The molecule has 2 heterocycles. The van der Waals surface area contributed by atoms with Gasteiger partial charge in [0.1, 0.15) is 23.5 Å². The van der Waals surface area contributed by atoms with E-state index < -0.39 is 38.7 Å². The summed E-state index contributed by atoms with van der Waals surface area (Å²) < 4.78 is 93.5. The Balaban J connectivity index is 0.000000532. The van der Waals surface area contributed by atoms with Crippen molar-refractivity contribution in [1.29, 1.82) is 0 Å². The molecule has 0 aliphatic carbocycles. The van der Waals surface area contributed by atoms with E-state index in [2.05, 4.69) is 33.7 Å². The van der Waals surface area contributed by atoms with Gasteiger partial charge in [0, 0.05) is 36.6 Å². The number of halogens is 5. The Kier molecular flexibility index (Phi) is 9.85. The molecule has 0 bridgehead atoms. The molecule has 1 aliphatic heterocycles. The van der Waals surface area contributed by atoms with Crippen molar-refractivity contribution in [2.45, 2.75) is 43.0 Å². The van der Waals surface area contributed by atoms with Gasteiger partial charge in [-0.3, -0.25) is 9.62 Å². The average Bonchev–Trinajstić information content (AvgIpc) is 3.36. The van der Waals surface area contributed by atoms with Crippen LogP contribution >= 0.6 is 11.3 Å². The van der Waals surface area contributed by atoms with Crippen molar-refractivity contribution in [1.82, 2.24) is 9.88 Å². The lowest BCUT2D eigenvalue weighted by atomic mass is 10.0. The number of hydrogen-bond donors (Lipinski definition) is 2. The number of ether oxygens (including phenoxy) is 1. The highest BCUT2D eigenvalue weighted by Crippen LogP contribution is 2.30. The zero-order valence-corrected chi connectivity index (χ0v) is 22.0. The zero-order valence-electron chi connectivity index (χ0n) is 20.4. The number of aromatic nitrogens is 1. The van der Waals surface area contributed by atoms with Crippen LogP contribution in [0.3, 0.4) is 0 Å². The Bertz CT molecular complexity index is 1330. The number of nitrogens with one attached hydrogen (secondary N) is 1. The summed E-state index contributed by atoms with van der Waals surface area (Å²) in [5, 5.41) is 8.55. The maximum Gasteiger partial charge on any atom is 0.490 e. The molecule has 212 valence electrons. The van der Waals surface area contributed by atoms with Crippen LogP contribution in [0.25, 0.3) is 0 Å². The predicted octanol–water partition coefficient (Wildman–Crippen LogP) is 5.46. The molecule has 3 aromatic rings. The highest BCUT2D eigenvalue weighted by Gasteiger charge is 2.38. The van der Waals surface area contributed by atoms with Gasteiger partial charge in [0.2, 0.25) is 0 Å². The molecule has 1 atom stereocenters. The van der Waals surface area contributed by atoms with Crippen molar-refractivity contribution in [2.24, 2.45) is 0 Å². The smallest absolute Gasteiger partial charge is 0.490 e. The summed E-state index contributed by atoms with van der Waals surface area (Å²) in [5.41, 5.74) is 2.65. The lowest BCUT2D eigenvalue weighted by Gasteiger charge is -2.36. The maximum absolute atomic E-state index is 14.6. The SMILES string of the molecule is C[C@H](c1ccccc1)N1CCC(Oc2cc(F)c(S(=O)(=O)Nc3cscn3)c(F)c2)CC1.O=C(O)C(F)(F)F. The van der Waals surface area contributed by atoms with Gasteiger partial charge in [-0.1, -0.05) is 30.3 Å². The molecule has 0 amide bonds. The normalized spacial score (nSPS) is 15.6. The number of benzene rings is 2. The molecule has 2 aromatic carbocycles. The lowest BCUT2D eigenvalue weighted by molar-refractivity contribution is -0.192. The fourth-order valence-electron chi connectivity index (χ4n) is 3.83. The topological polar surface area (TPSA) is 109 Å². The number of piperidine rings is 1. The molecule has 0 saturated carbocycles. The van der Waals surface area contributed by atoms with Crippen molar-refractivity contribution in [2.75, 3.05) is 17.8 Å². The van der Waals surface area contributed by atoms with Crippen molar-refractivity contribution in [3.05, 3.63) is 70.6 Å². The van der Waals surface area contributed by atoms with Crippen LogP contribution in [-0.2, 0) is 14.8 Å². The number of anilines is 1. The van der Waals surface area contributed by atoms with E-state index in [0.29, 0.717) is 12.8 Å². The fourth-order valence-corrected chi connectivity index (χ4v) is 5.51. The third-order valence-corrected chi connectivity index (χ3v) is 7.76. The largest absolute Gasteiger partial charge is 0.490 e. The Morgan fingerprint density at radius 1 is 1.15 bits per heavy atom. The molecular weight excluding hydrogens is 569 g/mol. The predicted molar refractivity (Wildman–Crippen MR) is 133 cm³/mol. The Morgan fingerprint density at radius 2 is 1.72 bits per heavy atom. The number of hydrogen-bond acceptors (Lipinski definition) is 7. The minimum absolute atomic E-state index is 0.00520. The van der Waals surface area contributed by atoms with Gasteiger partial charge in [-0.05, 0) is 25.3 Å². The Labute approximate surface area is 225 Å². The van der Waals surface area contributed by atoms with Crippen molar-refractivity contribution in [3.63, 3.8) is 0 Å².